The number of carbonyl (C=O) groups excluding carboxylic acids is 1. The maximum atomic E-state index is 12.2. The fourth-order valence-corrected chi connectivity index (χ4v) is 1.99. The molecule has 0 fully saturated rings. The summed E-state index contributed by atoms with van der Waals surface area (Å²) in [5.41, 5.74) is 8.96. The van der Waals surface area contributed by atoms with Gasteiger partial charge in [-0.3, -0.25) is 4.79 Å². The molecule has 0 aliphatic heterocycles. The Morgan fingerprint density at radius 1 is 1.16 bits per heavy atom. The maximum absolute atomic E-state index is 12.2. The number of ketones is 1. The van der Waals surface area contributed by atoms with Crippen molar-refractivity contribution in [1.29, 1.82) is 0 Å². The van der Waals surface area contributed by atoms with Gasteiger partial charge in [-0.1, -0.05) is 12.1 Å². The first kappa shape index (κ1) is 13.1. The highest BCUT2D eigenvalue weighted by atomic mass is 16.5. The smallest absolute Gasteiger partial charge is 0.167 e. The molecule has 2 rings (SSSR count). The zero-order valence-electron chi connectivity index (χ0n) is 11.1. The molecular weight excluding hydrogens is 238 g/mol. The van der Waals surface area contributed by atoms with Gasteiger partial charge in [0.05, 0.1) is 7.11 Å². The van der Waals surface area contributed by atoms with Crippen molar-refractivity contribution in [3.05, 3.63) is 59.2 Å². The Hall–Kier alpha value is -2.29. The number of nitrogen functional groups attached to an aromatic ring is 1. The van der Waals surface area contributed by atoms with E-state index in [-0.39, 0.29) is 5.78 Å². The van der Waals surface area contributed by atoms with Gasteiger partial charge in [-0.15, -0.1) is 0 Å². The second-order valence-electron chi connectivity index (χ2n) is 4.52. The highest BCUT2D eigenvalue weighted by Crippen LogP contribution is 2.19. The van der Waals surface area contributed by atoms with E-state index in [1.807, 2.05) is 49.4 Å². The van der Waals surface area contributed by atoms with Crippen LogP contribution in [0.15, 0.2) is 42.5 Å². The van der Waals surface area contributed by atoms with E-state index in [1.165, 1.54) is 0 Å². The average molecular weight is 255 g/mol. The van der Waals surface area contributed by atoms with Crippen LogP contribution in [0.2, 0.25) is 0 Å². The number of Topliss-reactive ketones (excluding diaryl/α,β-unsaturated/α-hetero) is 1. The summed E-state index contributed by atoms with van der Waals surface area (Å²) in [5, 5.41) is 0. The summed E-state index contributed by atoms with van der Waals surface area (Å²) >= 11 is 0. The highest BCUT2D eigenvalue weighted by Gasteiger charge is 2.10. The van der Waals surface area contributed by atoms with Crippen molar-refractivity contribution < 1.29 is 9.53 Å². The number of ether oxygens (including phenoxy) is 1. The Morgan fingerprint density at radius 2 is 1.84 bits per heavy atom. The minimum absolute atomic E-state index is 0.102. The van der Waals surface area contributed by atoms with Gasteiger partial charge in [0.15, 0.2) is 5.78 Å². The summed E-state index contributed by atoms with van der Waals surface area (Å²) in [6, 6.07) is 12.9. The lowest BCUT2D eigenvalue weighted by Gasteiger charge is -2.07. The van der Waals surface area contributed by atoms with Crippen LogP contribution in [0, 0.1) is 6.92 Å². The van der Waals surface area contributed by atoms with E-state index in [9.17, 15) is 4.79 Å². The standard InChI is InChI=1S/C16H17NO2/c1-11-9-14(19-2)7-8-15(11)16(18)10-12-3-5-13(17)6-4-12/h3-9H,10,17H2,1-2H3. The number of nitrogens with two attached hydrogens (primary N) is 1. The van der Waals surface area contributed by atoms with Gasteiger partial charge >= 0.3 is 0 Å². The molecule has 3 nitrogen and oxygen atoms in total. The predicted octanol–water partition coefficient (Wildman–Crippen LogP) is 3.01. The zero-order valence-corrected chi connectivity index (χ0v) is 11.1. The van der Waals surface area contributed by atoms with Crippen molar-refractivity contribution in [1.82, 2.24) is 0 Å². The fourth-order valence-electron chi connectivity index (χ4n) is 1.99. The SMILES string of the molecule is COc1ccc(C(=O)Cc2ccc(N)cc2)c(C)c1. The molecule has 3 heteroatoms. The topological polar surface area (TPSA) is 52.3 Å². The molecule has 0 aromatic heterocycles. The monoisotopic (exact) mass is 255 g/mol. The normalized spacial score (nSPS) is 10.2. The van der Waals surface area contributed by atoms with Crippen molar-refractivity contribution in [2.75, 3.05) is 12.8 Å². The molecule has 0 radical (unpaired) electrons. The number of anilines is 1. The van der Waals surface area contributed by atoms with Crippen molar-refractivity contribution in [2.24, 2.45) is 0 Å². The van der Waals surface area contributed by atoms with Crippen LogP contribution in [0.1, 0.15) is 21.5 Å². The first-order valence-corrected chi connectivity index (χ1v) is 6.12. The first-order chi connectivity index (χ1) is 9.10. The van der Waals surface area contributed by atoms with Crippen LogP contribution in [-0.2, 0) is 6.42 Å². The average Bonchev–Trinajstić information content (AvgIpc) is 2.41. The van der Waals surface area contributed by atoms with E-state index < -0.39 is 0 Å². The minimum atomic E-state index is 0.102. The molecular formula is C16H17NO2. The summed E-state index contributed by atoms with van der Waals surface area (Å²) in [6.07, 6.45) is 0.382. The molecule has 0 amide bonds. The van der Waals surface area contributed by atoms with E-state index in [2.05, 4.69) is 0 Å². The van der Waals surface area contributed by atoms with Gasteiger partial charge in [-0.25, -0.2) is 0 Å². The van der Waals surface area contributed by atoms with Gasteiger partial charge < -0.3 is 10.5 Å². The van der Waals surface area contributed by atoms with Crippen LogP contribution in [-0.4, -0.2) is 12.9 Å². The van der Waals surface area contributed by atoms with E-state index in [1.54, 1.807) is 7.11 Å². The Balaban J connectivity index is 2.18. The number of aryl methyl sites for hydroxylation is 1. The Bertz CT molecular complexity index is 588. The van der Waals surface area contributed by atoms with Crippen LogP contribution >= 0.6 is 0 Å². The second-order valence-corrected chi connectivity index (χ2v) is 4.52. The van der Waals surface area contributed by atoms with Gasteiger partial charge in [0.1, 0.15) is 5.75 Å². The van der Waals surface area contributed by atoms with Gasteiger partial charge in [0.2, 0.25) is 0 Å². The molecule has 0 saturated heterocycles. The summed E-state index contributed by atoms with van der Waals surface area (Å²) in [6.45, 7) is 1.92. The molecule has 19 heavy (non-hydrogen) atoms. The molecule has 0 unspecified atom stereocenters. The third-order valence-corrected chi connectivity index (χ3v) is 3.08. The van der Waals surface area contributed by atoms with E-state index in [4.69, 9.17) is 10.5 Å². The Morgan fingerprint density at radius 3 is 2.42 bits per heavy atom. The van der Waals surface area contributed by atoms with Crippen LogP contribution in [0.4, 0.5) is 5.69 Å². The lowest BCUT2D eigenvalue weighted by molar-refractivity contribution is 0.0992. The number of benzene rings is 2. The summed E-state index contributed by atoms with van der Waals surface area (Å²) in [5.74, 6) is 0.867. The number of carbonyl (C=O) groups is 1. The summed E-state index contributed by atoms with van der Waals surface area (Å²) in [4.78, 5) is 12.2. The van der Waals surface area contributed by atoms with Gasteiger partial charge in [0.25, 0.3) is 0 Å². The third-order valence-electron chi connectivity index (χ3n) is 3.08. The Kier molecular flexibility index (Phi) is 3.85. The summed E-state index contributed by atoms with van der Waals surface area (Å²) in [7, 11) is 1.62. The number of rotatable bonds is 4. The van der Waals surface area contributed by atoms with E-state index >= 15 is 0 Å². The molecule has 0 heterocycles. The molecule has 0 aliphatic rings. The molecule has 2 N–H and O–H groups in total. The maximum Gasteiger partial charge on any atom is 0.167 e. The number of methoxy groups -OCH3 is 1. The van der Waals surface area contributed by atoms with Crippen LogP contribution in [0.25, 0.3) is 0 Å². The molecule has 0 bridgehead atoms. The van der Waals surface area contributed by atoms with Gasteiger partial charge in [0, 0.05) is 17.7 Å². The third kappa shape index (κ3) is 3.13. The Labute approximate surface area is 113 Å². The van der Waals surface area contributed by atoms with E-state index in [0.717, 1.165) is 22.4 Å². The fraction of sp³-hybridized carbons (Fsp3) is 0.188. The molecule has 2 aromatic rings. The lowest BCUT2D eigenvalue weighted by Crippen LogP contribution is -2.06. The van der Waals surface area contributed by atoms with Crippen molar-refractivity contribution in [3.8, 4) is 5.75 Å². The van der Waals surface area contributed by atoms with E-state index in [0.29, 0.717) is 12.1 Å². The molecule has 2 aromatic carbocycles. The van der Waals surface area contributed by atoms with Crippen LogP contribution in [0.3, 0.4) is 0 Å². The minimum Gasteiger partial charge on any atom is -0.497 e. The van der Waals surface area contributed by atoms with Crippen LogP contribution in [0.5, 0.6) is 5.75 Å². The predicted molar refractivity (Wildman–Crippen MR) is 76.6 cm³/mol. The van der Waals surface area contributed by atoms with Gasteiger partial charge in [-0.05, 0) is 48.4 Å². The van der Waals surface area contributed by atoms with Crippen LogP contribution < -0.4 is 10.5 Å². The van der Waals surface area contributed by atoms with Crippen molar-refractivity contribution in [3.63, 3.8) is 0 Å². The molecule has 98 valence electrons. The quantitative estimate of drug-likeness (QED) is 0.675. The zero-order chi connectivity index (χ0) is 13.8. The largest absolute Gasteiger partial charge is 0.497 e. The number of hydrogen-bond donors (Lipinski definition) is 1. The van der Waals surface area contributed by atoms with Gasteiger partial charge in [-0.2, -0.15) is 0 Å². The molecule has 0 aliphatic carbocycles. The lowest BCUT2D eigenvalue weighted by atomic mass is 9.99. The summed E-state index contributed by atoms with van der Waals surface area (Å²) < 4.78 is 5.14. The first-order valence-electron chi connectivity index (χ1n) is 6.12. The molecule has 0 spiro atoms. The highest BCUT2D eigenvalue weighted by molar-refractivity contribution is 5.98. The van der Waals surface area contributed by atoms with Crippen molar-refractivity contribution >= 4 is 11.5 Å². The number of hydrogen-bond acceptors (Lipinski definition) is 3. The molecule has 0 atom stereocenters. The second kappa shape index (κ2) is 5.57. The van der Waals surface area contributed by atoms with Crippen molar-refractivity contribution in [2.45, 2.75) is 13.3 Å². The molecule has 0 saturated carbocycles.